The summed E-state index contributed by atoms with van der Waals surface area (Å²) in [5.41, 5.74) is 2.37. The van der Waals surface area contributed by atoms with E-state index in [0.717, 1.165) is 29.9 Å². The first-order chi connectivity index (χ1) is 12.1. The first kappa shape index (κ1) is 17.1. The lowest BCUT2D eigenvalue weighted by Gasteiger charge is -2.21. The monoisotopic (exact) mass is 342 g/mol. The van der Waals surface area contributed by atoms with Crippen molar-refractivity contribution in [2.24, 2.45) is 5.92 Å². The number of carbonyl (C=O) groups excluding carboxylic acids is 2. The third-order valence-corrected chi connectivity index (χ3v) is 4.13. The molecule has 1 atom stereocenters. The molecule has 1 unspecified atom stereocenters. The number of piperidine rings is 1. The molecule has 1 aromatic heterocycles. The fourth-order valence-electron chi connectivity index (χ4n) is 2.85. The average Bonchev–Trinajstić information content (AvgIpc) is 3.06. The van der Waals surface area contributed by atoms with Gasteiger partial charge in [0.15, 0.2) is 0 Å². The van der Waals surface area contributed by atoms with E-state index in [-0.39, 0.29) is 18.4 Å². The van der Waals surface area contributed by atoms with Gasteiger partial charge in [-0.25, -0.2) is 0 Å². The summed E-state index contributed by atoms with van der Waals surface area (Å²) < 4.78 is 1.81. The second-order valence-electron chi connectivity index (χ2n) is 6.19. The molecule has 2 heterocycles. The number of nitrogens with zero attached hydrogens (tertiary/aromatic N) is 3. The Morgan fingerprint density at radius 3 is 3.08 bits per heavy atom. The van der Waals surface area contributed by atoms with E-state index in [9.17, 15) is 9.59 Å². The molecule has 25 heavy (non-hydrogen) atoms. The van der Waals surface area contributed by atoms with Gasteiger partial charge in [0.1, 0.15) is 5.69 Å². The van der Waals surface area contributed by atoms with Crippen molar-refractivity contribution in [3.63, 3.8) is 0 Å². The number of nitrogens with one attached hydrogen (secondary N) is 3. The maximum absolute atomic E-state index is 11.7. The maximum Gasteiger partial charge on any atom is 0.238 e. The molecule has 0 bridgehead atoms. The largest absolute Gasteiger partial charge is 0.356 e. The van der Waals surface area contributed by atoms with E-state index in [1.165, 1.54) is 0 Å². The lowest BCUT2D eigenvalue weighted by Crippen LogP contribution is -2.36. The fourth-order valence-corrected chi connectivity index (χ4v) is 2.85. The van der Waals surface area contributed by atoms with E-state index in [1.807, 2.05) is 35.1 Å². The predicted molar refractivity (Wildman–Crippen MR) is 93.7 cm³/mol. The second-order valence-corrected chi connectivity index (χ2v) is 6.19. The van der Waals surface area contributed by atoms with Gasteiger partial charge in [-0.2, -0.15) is 0 Å². The Labute approximate surface area is 146 Å². The Bertz CT molecular complexity index is 747. The molecular formula is C17H22N6O2. The Balaban J connectivity index is 1.65. The minimum atomic E-state index is -0.0948. The van der Waals surface area contributed by atoms with Crippen LogP contribution < -0.4 is 16.0 Å². The van der Waals surface area contributed by atoms with E-state index >= 15 is 0 Å². The van der Waals surface area contributed by atoms with Crippen LogP contribution in [-0.4, -0.2) is 46.9 Å². The zero-order valence-corrected chi connectivity index (χ0v) is 14.2. The predicted octanol–water partition coefficient (Wildman–Crippen LogP) is 0.629. The molecule has 1 aliphatic rings. The topological polar surface area (TPSA) is 101 Å². The number of aromatic nitrogens is 3. The van der Waals surface area contributed by atoms with Crippen molar-refractivity contribution in [3.8, 4) is 11.3 Å². The van der Waals surface area contributed by atoms with Gasteiger partial charge >= 0.3 is 0 Å². The number of hydrogen-bond donors (Lipinski definition) is 3. The molecule has 0 aliphatic carbocycles. The normalized spacial score (nSPS) is 17.2. The van der Waals surface area contributed by atoms with E-state index < -0.39 is 0 Å². The number of anilines is 1. The van der Waals surface area contributed by atoms with Gasteiger partial charge in [0.05, 0.1) is 12.7 Å². The molecular weight excluding hydrogens is 320 g/mol. The maximum atomic E-state index is 11.7. The molecule has 1 aromatic carbocycles. The number of amides is 2. The van der Waals surface area contributed by atoms with Gasteiger partial charge in [-0.05, 0) is 31.5 Å². The van der Waals surface area contributed by atoms with Crippen LogP contribution in [0.4, 0.5) is 5.69 Å². The molecule has 2 amide bonds. The van der Waals surface area contributed by atoms with Gasteiger partial charge in [0.25, 0.3) is 0 Å². The molecule has 0 radical (unpaired) electrons. The highest BCUT2D eigenvalue weighted by atomic mass is 16.2. The van der Waals surface area contributed by atoms with Crippen LogP contribution in [0.1, 0.15) is 12.8 Å². The Morgan fingerprint density at radius 2 is 2.32 bits per heavy atom. The Morgan fingerprint density at radius 1 is 1.44 bits per heavy atom. The van der Waals surface area contributed by atoms with Crippen LogP contribution in [0.3, 0.4) is 0 Å². The number of carbonyl (C=O) groups is 2. The highest BCUT2D eigenvalue weighted by Gasteiger charge is 2.19. The average molecular weight is 342 g/mol. The number of benzene rings is 1. The lowest BCUT2D eigenvalue weighted by atomic mass is 9.99. The molecule has 3 N–H and O–H groups in total. The fraction of sp³-hybridized carbons (Fsp3) is 0.412. The van der Waals surface area contributed by atoms with E-state index in [0.29, 0.717) is 18.9 Å². The van der Waals surface area contributed by atoms with Crippen LogP contribution in [0.2, 0.25) is 0 Å². The summed E-state index contributed by atoms with van der Waals surface area (Å²) >= 11 is 0. The SMILES string of the molecule is CNCC(=O)Nc1cccc(-c2cn(CC3CCC(=O)NC3)nn2)c1. The third kappa shape index (κ3) is 4.63. The van der Waals surface area contributed by atoms with Crippen LogP contribution in [0, 0.1) is 5.92 Å². The van der Waals surface area contributed by atoms with Crippen molar-refractivity contribution >= 4 is 17.5 Å². The number of hydrogen-bond acceptors (Lipinski definition) is 5. The number of likely N-dealkylation sites (N-methyl/N-ethyl adjacent to an activating group) is 1. The minimum Gasteiger partial charge on any atom is -0.356 e. The van der Waals surface area contributed by atoms with Crippen molar-refractivity contribution in [1.29, 1.82) is 0 Å². The quantitative estimate of drug-likeness (QED) is 0.715. The van der Waals surface area contributed by atoms with Crippen molar-refractivity contribution < 1.29 is 9.59 Å². The molecule has 8 nitrogen and oxygen atoms in total. The highest BCUT2D eigenvalue weighted by molar-refractivity contribution is 5.92. The summed E-state index contributed by atoms with van der Waals surface area (Å²) in [4.78, 5) is 22.9. The Hall–Kier alpha value is -2.74. The smallest absolute Gasteiger partial charge is 0.238 e. The van der Waals surface area contributed by atoms with E-state index in [2.05, 4.69) is 26.3 Å². The van der Waals surface area contributed by atoms with Crippen LogP contribution in [-0.2, 0) is 16.1 Å². The molecule has 8 heteroatoms. The molecule has 0 spiro atoms. The van der Waals surface area contributed by atoms with Crippen molar-refractivity contribution in [2.75, 3.05) is 25.5 Å². The second kappa shape index (κ2) is 7.89. The first-order valence-electron chi connectivity index (χ1n) is 8.36. The van der Waals surface area contributed by atoms with Crippen molar-refractivity contribution in [3.05, 3.63) is 30.5 Å². The van der Waals surface area contributed by atoms with Crippen LogP contribution in [0.25, 0.3) is 11.3 Å². The molecule has 1 saturated heterocycles. The summed E-state index contributed by atoms with van der Waals surface area (Å²) in [7, 11) is 1.73. The molecule has 2 aromatic rings. The van der Waals surface area contributed by atoms with E-state index in [4.69, 9.17) is 0 Å². The van der Waals surface area contributed by atoms with Gasteiger partial charge < -0.3 is 16.0 Å². The zero-order chi connectivity index (χ0) is 17.6. The van der Waals surface area contributed by atoms with Gasteiger partial charge in [-0.15, -0.1) is 5.10 Å². The van der Waals surface area contributed by atoms with Crippen LogP contribution in [0.15, 0.2) is 30.5 Å². The molecule has 132 valence electrons. The molecule has 1 fully saturated rings. The summed E-state index contributed by atoms with van der Waals surface area (Å²) in [5, 5.41) is 16.9. The third-order valence-electron chi connectivity index (χ3n) is 4.13. The highest BCUT2D eigenvalue weighted by Crippen LogP contribution is 2.21. The van der Waals surface area contributed by atoms with Crippen LogP contribution in [0.5, 0.6) is 0 Å². The van der Waals surface area contributed by atoms with Crippen molar-refractivity contribution in [2.45, 2.75) is 19.4 Å². The van der Waals surface area contributed by atoms with Gasteiger partial charge in [-0.1, -0.05) is 17.3 Å². The molecule has 3 rings (SSSR count). The standard InChI is InChI=1S/C17H22N6O2/c1-18-9-17(25)20-14-4-2-3-13(7-14)15-11-23(22-21-15)10-12-5-6-16(24)19-8-12/h2-4,7,11-12,18H,5-6,8-10H2,1H3,(H,19,24)(H,20,25). The van der Waals surface area contributed by atoms with Crippen LogP contribution >= 0.6 is 0 Å². The van der Waals surface area contributed by atoms with Gasteiger partial charge in [-0.3, -0.25) is 14.3 Å². The van der Waals surface area contributed by atoms with Gasteiger partial charge in [0, 0.05) is 30.8 Å². The zero-order valence-electron chi connectivity index (χ0n) is 14.2. The summed E-state index contributed by atoms with van der Waals surface area (Å²) in [6.07, 6.45) is 3.33. The summed E-state index contributed by atoms with van der Waals surface area (Å²) in [6.45, 7) is 1.67. The van der Waals surface area contributed by atoms with Crippen molar-refractivity contribution in [1.82, 2.24) is 25.6 Å². The molecule has 1 aliphatic heterocycles. The first-order valence-corrected chi connectivity index (χ1v) is 8.36. The minimum absolute atomic E-state index is 0.0948. The van der Waals surface area contributed by atoms with E-state index in [1.54, 1.807) is 7.05 Å². The number of rotatable bonds is 6. The molecule has 0 saturated carbocycles. The summed E-state index contributed by atoms with van der Waals surface area (Å²) in [5.74, 6) is 0.398. The lowest BCUT2D eigenvalue weighted by molar-refractivity contribution is -0.123. The van der Waals surface area contributed by atoms with Gasteiger partial charge in [0.2, 0.25) is 11.8 Å². The summed E-state index contributed by atoms with van der Waals surface area (Å²) in [6, 6.07) is 7.53. The Kier molecular flexibility index (Phi) is 5.39.